The van der Waals surface area contributed by atoms with Crippen LogP contribution in [0, 0.1) is 11.6 Å². The monoisotopic (exact) mass is 428 g/mol. The molecule has 1 aliphatic heterocycles. The van der Waals surface area contributed by atoms with Gasteiger partial charge in [0, 0.05) is 35.8 Å². The van der Waals surface area contributed by atoms with Crippen molar-refractivity contribution in [1.82, 2.24) is 15.3 Å². The lowest BCUT2D eigenvalue weighted by Crippen LogP contribution is -2.31. The van der Waals surface area contributed by atoms with Crippen LogP contribution in [-0.4, -0.2) is 34.2 Å². The van der Waals surface area contributed by atoms with Gasteiger partial charge in [-0.05, 0) is 30.7 Å². The second-order valence-electron chi connectivity index (χ2n) is 7.08. The van der Waals surface area contributed by atoms with Gasteiger partial charge in [-0.15, -0.1) is 0 Å². The second kappa shape index (κ2) is 7.91. The van der Waals surface area contributed by atoms with Gasteiger partial charge in [0.2, 0.25) is 0 Å². The van der Waals surface area contributed by atoms with E-state index in [2.05, 4.69) is 28.4 Å². The third kappa shape index (κ3) is 3.45. The highest BCUT2D eigenvalue weighted by Crippen LogP contribution is 2.42. The summed E-state index contributed by atoms with van der Waals surface area (Å²) in [4.78, 5) is 10.4. The number of phenols is 1. The molecule has 0 amide bonds. The molecule has 1 aromatic heterocycles. The molecule has 0 bridgehead atoms. The molecule has 30 heavy (non-hydrogen) atoms. The third-order valence-corrected chi connectivity index (χ3v) is 5.46. The van der Waals surface area contributed by atoms with Gasteiger partial charge in [-0.3, -0.25) is 0 Å². The summed E-state index contributed by atoms with van der Waals surface area (Å²) in [5, 5.41) is 13.7. The van der Waals surface area contributed by atoms with Crippen LogP contribution in [0.4, 0.5) is 14.6 Å². The Labute approximate surface area is 177 Å². The Balaban J connectivity index is 1.79. The molecule has 0 radical (unpaired) electrons. The smallest absolute Gasteiger partial charge is 0.159 e. The van der Waals surface area contributed by atoms with Gasteiger partial charge in [-0.25, -0.2) is 18.7 Å². The van der Waals surface area contributed by atoms with E-state index in [9.17, 15) is 9.50 Å². The lowest BCUT2D eigenvalue weighted by atomic mass is 10.0. The molecule has 2 heterocycles. The molecule has 8 heteroatoms. The van der Waals surface area contributed by atoms with E-state index in [4.69, 9.17) is 11.6 Å². The molecular formula is C22H19ClF2N4O. The number of phenolic OH excluding ortho intramolecular Hbond substituents is 1. The Morgan fingerprint density at radius 3 is 2.83 bits per heavy atom. The Morgan fingerprint density at radius 2 is 2.10 bits per heavy atom. The van der Waals surface area contributed by atoms with Gasteiger partial charge in [0.05, 0.1) is 10.6 Å². The molecule has 0 aliphatic carbocycles. The van der Waals surface area contributed by atoms with Crippen LogP contribution in [0.3, 0.4) is 0 Å². The topological polar surface area (TPSA) is 61.3 Å². The Morgan fingerprint density at radius 1 is 1.30 bits per heavy atom. The maximum atomic E-state index is 15.4. The number of halogens is 3. The van der Waals surface area contributed by atoms with Crippen LogP contribution in [0.1, 0.15) is 6.42 Å². The van der Waals surface area contributed by atoms with Gasteiger partial charge >= 0.3 is 0 Å². The van der Waals surface area contributed by atoms with Crippen molar-refractivity contribution >= 4 is 28.3 Å². The van der Waals surface area contributed by atoms with Crippen molar-refractivity contribution in [3.05, 3.63) is 72.2 Å². The number of fused-ring (bicyclic) bond motifs is 1. The molecule has 1 atom stereocenters. The van der Waals surface area contributed by atoms with Crippen LogP contribution in [0.25, 0.3) is 22.0 Å². The Bertz CT molecular complexity index is 1150. The molecule has 154 valence electrons. The molecule has 3 aromatic rings. The minimum Gasteiger partial charge on any atom is -0.507 e. The molecular weight excluding hydrogens is 410 g/mol. The van der Waals surface area contributed by atoms with E-state index in [0.717, 1.165) is 18.2 Å². The highest BCUT2D eigenvalue weighted by atomic mass is 35.5. The maximum Gasteiger partial charge on any atom is 0.159 e. The molecule has 5 nitrogen and oxygen atoms in total. The standard InChI is InChI=1S/C22H19ClF2N4O/c1-3-12(2)28-13-7-8-29(10-13)22-14-9-15(23)18(20(25)21(14)26-11-27-22)19-16(24)5-4-6-17(19)30/h3-6,9,11,13,28,30H,1-2,7-8,10H2. The zero-order valence-corrected chi connectivity index (χ0v) is 16.8. The number of aromatic nitrogens is 2. The van der Waals surface area contributed by atoms with Gasteiger partial charge < -0.3 is 15.3 Å². The molecule has 4 rings (SSSR count). The summed E-state index contributed by atoms with van der Waals surface area (Å²) in [7, 11) is 0. The van der Waals surface area contributed by atoms with Crippen LogP contribution < -0.4 is 10.2 Å². The van der Waals surface area contributed by atoms with E-state index >= 15 is 4.39 Å². The summed E-state index contributed by atoms with van der Waals surface area (Å²) in [6, 6.07) is 5.41. The average Bonchev–Trinajstić information content (AvgIpc) is 3.17. The van der Waals surface area contributed by atoms with Crippen molar-refractivity contribution in [2.45, 2.75) is 12.5 Å². The van der Waals surface area contributed by atoms with Crippen molar-refractivity contribution in [3.8, 4) is 16.9 Å². The van der Waals surface area contributed by atoms with Crippen LogP contribution in [0.15, 0.2) is 55.5 Å². The molecule has 2 N–H and O–H groups in total. The summed E-state index contributed by atoms with van der Waals surface area (Å²) in [5.41, 5.74) is 0.217. The maximum absolute atomic E-state index is 15.4. The SMILES string of the molecule is C=CC(=C)NC1CCN(c2ncnc3c(F)c(-c4c(O)cccc4F)c(Cl)cc23)C1. The Hall–Kier alpha value is -3.19. The molecule has 1 unspecified atom stereocenters. The predicted molar refractivity (Wildman–Crippen MR) is 115 cm³/mol. The predicted octanol–water partition coefficient (Wildman–Crippen LogP) is 4.80. The fourth-order valence-corrected chi connectivity index (χ4v) is 4.04. The van der Waals surface area contributed by atoms with Crippen molar-refractivity contribution in [3.63, 3.8) is 0 Å². The van der Waals surface area contributed by atoms with Crippen molar-refractivity contribution in [1.29, 1.82) is 0 Å². The van der Waals surface area contributed by atoms with Crippen molar-refractivity contribution in [2.24, 2.45) is 0 Å². The molecule has 2 aromatic carbocycles. The van der Waals surface area contributed by atoms with E-state index in [1.807, 2.05) is 4.90 Å². The zero-order valence-electron chi connectivity index (χ0n) is 16.0. The minimum absolute atomic E-state index is 0.00830. The normalized spacial score (nSPS) is 16.1. The first kappa shape index (κ1) is 20.1. The highest BCUT2D eigenvalue weighted by molar-refractivity contribution is 6.34. The van der Waals surface area contributed by atoms with Gasteiger partial charge in [-0.1, -0.05) is 30.8 Å². The van der Waals surface area contributed by atoms with E-state index in [0.29, 0.717) is 24.3 Å². The average molecular weight is 429 g/mol. The van der Waals surface area contributed by atoms with Gasteiger partial charge in [0.15, 0.2) is 5.82 Å². The molecule has 1 fully saturated rings. The van der Waals surface area contributed by atoms with E-state index in [1.165, 1.54) is 24.5 Å². The zero-order chi connectivity index (χ0) is 21.4. The number of hydrogen-bond acceptors (Lipinski definition) is 5. The number of nitrogens with zero attached hydrogens (tertiary/aromatic N) is 3. The van der Waals surface area contributed by atoms with E-state index < -0.39 is 17.4 Å². The number of anilines is 1. The van der Waals surface area contributed by atoms with Gasteiger partial charge in [0.1, 0.15) is 29.2 Å². The van der Waals surface area contributed by atoms with Crippen LogP contribution in [0.5, 0.6) is 5.75 Å². The van der Waals surface area contributed by atoms with Crippen LogP contribution >= 0.6 is 11.6 Å². The first-order valence-corrected chi connectivity index (χ1v) is 9.72. The number of rotatable bonds is 5. The number of allylic oxidation sites excluding steroid dienone is 1. The number of nitrogens with one attached hydrogen (secondary N) is 1. The highest BCUT2D eigenvalue weighted by Gasteiger charge is 2.27. The minimum atomic E-state index is -0.810. The summed E-state index contributed by atoms with van der Waals surface area (Å²) >= 11 is 6.36. The Kier molecular flexibility index (Phi) is 5.30. The van der Waals surface area contributed by atoms with E-state index in [1.54, 1.807) is 6.08 Å². The van der Waals surface area contributed by atoms with Crippen LogP contribution in [0.2, 0.25) is 5.02 Å². The lowest BCUT2D eigenvalue weighted by molar-refractivity contribution is 0.471. The lowest BCUT2D eigenvalue weighted by Gasteiger charge is -2.21. The summed E-state index contributed by atoms with van der Waals surface area (Å²) in [5.74, 6) is -1.45. The first-order valence-electron chi connectivity index (χ1n) is 9.34. The van der Waals surface area contributed by atoms with Gasteiger partial charge in [-0.2, -0.15) is 0 Å². The van der Waals surface area contributed by atoms with Gasteiger partial charge in [0.25, 0.3) is 0 Å². The molecule has 0 saturated carbocycles. The number of hydrogen-bond donors (Lipinski definition) is 2. The van der Waals surface area contributed by atoms with Crippen LogP contribution in [-0.2, 0) is 0 Å². The molecule has 0 spiro atoms. The number of aromatic hydroxyl groups is 1. The summed E-state index contributed by atoms with van der Waals surface area (Å²) in [6.07, 6.45) is 3.76. The van der Waals surface area contributed by atoms with E-state index in [-0.39, 0.29) is 27.7 Å². The largest absolute Gasteiger partial charge is 0.507 e. The summed E-state index contributed by atoms with van der Waals surface area (Å²) < 4.78 is 29.8. The van der Waals surface area contributed by atoms with Crippen molar-refractivity contribution in [2.75, 3.05) is 18.0 Å². The molecule has 1 aliphatic rings. The fraction of sp³-hybridized carbons (Fsp3) is 0.182. The second-order valence-corrected chi connectivity index (χ2v) is 7.49. The van der Waals surface area contributed by atoms with Crippen molar-refractivity contribution < 1.29 is 13.9 Å². The molecule has 1 saturated heterocycles. The first-order chi connectivity index (χ1) is 14.4. The quantitative estimate of drug-likeness (QED) is 0.571. The number of benzene rings is 2. The third-order valence-electron chi connectivity index (χ3n) is 5.17. The fourth-order valence-electron chi connectivity index (χ4n) is 3.75. The summed E-state index contributed by atoms with van der Waals surface area (Å²) in [6.45, 7) is 8.89.